The molecule has 0 aliphatic rings. The molecule has 3 aromatic rings. The Labute approximate surface area is 168 Å². The maximum absolute atomic E-state index is 6.12. The van der Waals surface area contributed by atoms with Gasteiger partial charge in [-0.2, -0.15) is 0 Å². The van der Waals surface area contributed by atoms with Gasteiger partial charge in [-0.25, -0.2) is 4.99 Å². The summed E-state index contributed by atoms with van der Waals surface area (Å²) in [6, 6.07) is 12.0. The van der Waals surface area contributed by atoms with Crippen LogP contribution in [-0.2, 0) is 26.7 Å². The maximum Gasteiger partial charge on any atom is 0.194 e. The van der Waals surface area contributed by atoms with E-state index in [4.69, 9.17) is 16.6 Å². The first-order chi connectivity index (χ1) is 13.0. The normalized spacial score (nSPS) is 11.6. The molecule has 0 saturated heterocycles. The number of aryl methyl sites for hydroxylation is 1. The molecule has 27 heavy (non-hydrogen) atoms. The highest BCUT2D eigenvalue weighted by molar-refractivity contribution is 7.09. The molecule has 0 amide bonds. The maximum atomic E-state index is 6.12. The van der Waals surface area contributed by atoms with Gasteiger partial charge in [0.05, 0.1) is 6.54 Å². The molecule has 6 nitrogen and oxygen atoms in total. The second-order valence-corrected chi connectivity index (χ2v) is 7.75. The van der Waals surface area contributed by atoms with Gasteiger partial charge in [-0.15, -0.1) is 21.5 Å². The summed E-state index contributed by atoms with van der Waals surface area (Å²) < 4.78 is 1.96. The lowest BCUT2D eigenvalue weighted by atomic mass is 10.2. The molecule has 142 valence electrons. The first kappa shape index (κ1) is 19.4. The summed E-state index contributed by atoms with van der Waals surface area (Å²) in [6.07, 6.45) is 0. The zero-order chi connectivity index (χ0) is 19.2. The van der Waals surface area contributed by atoms with Gasteiger partial charge in [0.15, 0.2) is 11.8 Å². The zero-order valence-electron chi connectivity index (χ0n) is 15.7. The molecule has 8 heteroatoms. The van der Waals surface area contributed by atoms with E-state index in [1.807, 2.05) is 43.8 Å². The Morgan fingerprint density at radius 2 is 2.15 bits per heavy atom. The van der Waals surface area contributed by atoms with Gasteiger partial charge >= 0.3 is 0 Å². The number of nitrogens with one attached hydrogen (secondary N) is 1. The number of hydrogen-bond donors (Lipinski definition) is 1. The summed E-state index contributed by atoms with van der Waals surface area (Å²) in [5, 5.41) is 14.6. The van der Waals surface area contributed by atoms with E-state index in [0.29, 0.717) is 13.1 Å². The predicted octanol–water partition coefficient (Wildman–Crippen LogP) is 3.62. The third-order valence-corrected chi connectivity index (χ3v) is 5.34. The van der Waals surface area contributed by atoms with Crippen LogP contribution >= 0.6 is 22.9 Å². The van der Waals surface area contributed by atoms with Crippen LogP contribution in [0.25, 0.3) is 0 Å². The minimum Gasteiger partial charge on any atom is -0.351 e. The van der Waals surface area contributed by atoms with Crippen molar-refractivity contribution in [3.63, 3.8) is 0 Å². The van der Waals surface area contributed by atoms with Gasteiger partial charge in [0, 0.05) is 30.5 Å². The molecule has 0 aliphatic carbocycles. The van der Waals surface area contributed by atoms with Crippen LogP contribution in [0.15, 0.2) is 46.8 Å². The number of guanidine groups is 1. The topological polar surface area (TPSA) is 58.3 Å². The molecule has 2 heterocycles. The highest BCUT2D eigenvalue weighted by Gasteiger charge is 2.10. The van der Waals surface area contributed by atoms with E-state index in [1.165, 1.54) is 4.88 Å². The van der Waals surface area contributed by atoms with Crippen LogP contribution in [0.2, 0.25) is 5.02 Å². The van der Waals surface area contributed by atoms with Gasteiger partial charge in [0.2, 0.25) is 0 Å². The quantitative estimate of drug-likeness (QED) is 0.505. The van der Waals surface area contributed by atoms with E-state index < -0.39 is 0 Å². The van der Waals surface area contributed by atoms with E-state index >= 15 is 0 Å². The average molecular weight is 403 g/mol. The third-order valence-electron chi connectivity index (χ3n) is 4.22. The largest absolute Gasteiger partial charge is 0.351 e. The minimum absolute atomic E-state index is 0.462. The van der Waals surface area contributed by atoms with Crippen LogP contribution in [0, 0.1) is 6.92 Å². The number of nitrogens with zero attached hydrogens (tertiary/aromatic N) is 5. The summed E-state index contributed by atoms with van der Waals surface area (Å²) >= 11 is 7.84. The molecule has 0 unspecified atom stereocenters. The van der Waals surface area contributed by atoms with Gasteiger partial charge in [-0.3, -0.25) is 0 Å². The standard InChI is InChI=1S/C19H23ClN6S/c1-14-23-24-18(26(14)3)12-22-19(21-11-17-8-5-9-27-17)25(2)13-15-6-4-7-16(20)10-15/h4-10H,11-13H2,1-3H3,(H,21,22). The number of rotatable bonds is 6. The smallest absolute Gasteiger partial charge is 0.194 e. The van der Waals surface area contributed by atoms with E-state index in [-0.39, 0.29) is 0 Å². The number of benzene rings is 1. The lowest BCUT2D eigenvalue weighted by Crippen LogP contribution is -2.38. The molecule has 0 fully saturated rings. The summed E-state index contributed by atoms with van der Waals surface area (Å²) in [4.78, 5) is 8.11. The molecule has 0 saturated carbocycles. The van der Waals surface area contributed by atoms with Crippen molar-refractivity contribution >= 4 is 28.9 Å². The molecule has 1 N–H and O–H groups in total. The summed E-state index contributed by atoms with van der Waals surface area (Å²) in [5.41, 5.74) is 1.13. The van der Waals surface area contributed by atoms with Crippen molar-refractivity contribution in [2.45, 2.75) is 26.6 Å². The average Bonchev–Trinajstić information content (AvgIpc) is 3.26. The molecule has 0 spiro atoms. The molecule has 0 atom stereocenters. The number of aromatic nitrogens is 3. The van der Waals surface area contributed by atoms with Crippen molar-refractivity contribution in [3.05, 3.63) is 68.9 Å². The highest BCUT2D eigenvalue weighted by Crippen LogP contribution is 2.13. The zero-order valence-corrected chi connectivity index (χ0v) is 17.3. The Bertz CT molecular complexity index is 903. The Morgan fingerprint density at radius 3 is 2.81 bits per heavy atom. The van der Waals surface area contributed by atoms with Gasteiger partial charge in [0.1, 0.15) is 12.4 Å². The fourth-order valence-electron chi connectivity index (χ4n) is 2.61. The van der Waals surface area contributed by atoms with Crippen molar-refractivity contribution in [3.8, 4) is 0 Å². The van der Waals surface area contributed by atoms with Gasteiger partial charge < -0.3 is 14.8 Å². The lowest BCUT2D eigenvalue weighted by molar-refractivity contribution is 0.474. The first-order valence-electron chi connectivity index (χ1n) is 8.64. The van der Waals surface area contributed by atoms with Crippen LogP contribution in [0.4, 0.5) is 0 Å². The summed E-state index contributed by atoms with van der Waals surface area (Å²) in [7, 11) is 3.97. The fourth-order valence-corrected chi connectivity index (χ4v) is 3.47. The molecule has 1 aromatic carbocycles. The summed E-state index contributed by atoms with van der Waals surface area (Å²) in [5.74, 6) is 2.52. The predicted molar refractivity (Wildman–Crippen MR) is 111 cm³/mol. The van der Waals surface area contributed by atoms with Crippen molar-refractivity contribution in [2.24, 2.45) is 12.0 Å². The summed E-state index contributed by atoms with van der Waals surface area (Å²) in [6.45, 7) is 3.83. The molecular weight excluding hydrogens is 380 g/mol. The number of thiophene rings is 1. The van der Waals surface area contributed by atoms with Crippen LogP contribution in [0.3, 0.4) is 0 Å². The highest BCUT2D eigenvalue weighted by atomic mass is 35.5. The molecule has 0 bridgehead atoms. The van der Waals surface area contributed by atoms with Gasteiger partial charge in [-0.05, 0) is 36.1 Å². The van der Waals surface area contributed by atoms with Crippen LogP contribution in [0.1, 0.15) is 22.1 Å². The van der Waals surface area contributed by atoms with E-state index in [0.717, 1.165) is 34.7 Å². The lowest BCUT2D eigenvalue weighted by Gasteiger charge is -2.22. The van der Waals surface area contributed by atoms with Crippen molar-refractivity contribution < 1.29 is 0 Å². The molecule has 3 rings (SSSR count). The minimum atomic E-state index is 0.462. The SMILES string of the molecule is Cc1nnc(CN=C(NCc2cccs2)N(C)Cc2cccc(Cl)c2)n1C. The molecule has 2 aromatic heterocycles. The van der Waals surface area contributed by atoms with Crippen molar-refractivity contribution in [1.82, 2.24) is 25.0 Å². The fraction of sp³-hybridized carbons (Fsp3) is 0.316. The van der Waals surface area contributed by atoms with Crippen molar-refractivity contribution in [1.29, 1.82) is 0 Å². The van der Waals surface area contributed by atoms with Crippen LogP contribution in [-0.4, -0.2) is 32.7 Å². The van der Waals surface area contributed by atoms with E-state index in [1.54, 1.807) is 11.3 Å². The van der Waals surface area contributed by atoms with Gasteiger partial charge in [-0.1, -0.05) is 29.8 Å². The second-order valence-electron chi connectivity index (χ2n) is 6.28. The molecule has 0 aliphatic heterocycles. The van der Waals surface area contributed by atoms with E-state index in [9.17, 15) is 0 Å². The molecule has 0 radical (unpaired) electrons. The number of hydrogen-bond acceptors (Lipinski definition) is 4. The second kappa shape index (κ2) is 9.01. The number of aliphatic imine (C=N–C) groups is 1. The van der Waals surface area contributed by atoms with E-state index in [2.05, 4.69) is 44.0 Å². The van der Waals surface area contributed by atoms with Crippen LogP contribution in [0.5, 0.6) is 0 Å². The Hall–Kier alpha value is -2.38. The van der Waals surface area contributed by atoms with Crippen LogP contribution < -0.4 is 5.32 Å². The number of halogens is 1. The van der Waals surface area contributed by atoms with Gasteiger partial charge in [0.25, 0.3) is 0 Å². The van der Waals surface area contributed by atoms with Crippen molar-refractivity contribution in [2.75, 3.05) is 7.05 Å². The Kier molecular flexibility index (Phi) is 6.47. The monoisotopic (exact) mass is 402 g/mol. The third kappa shape index (κ3) is 5.30. The Balaban J connectivity index is 1.75. The molecular formula is C19H23ClN6S. The Morgan fingerprint density at radius 1 is 1.30 bits per heavy atom. The first-order valence-corrected chi connectivity index (χ1v) is 9.90.